The van der Waals surface area contributed by atoms with Crippen molar-refractivity contribution in [1.29, 1.82) is 0 Å². The lowest BCUT2D eigenvalue weighted by Gasteiger charge is -2.36. The fourth-order valence-electron chi connectivity index (χ4n) is 4.54. The van der Waals surface area contributed by atoms with Gasteiger partial charge in [0, 0.05) is 33.1 Å². The van der Waals surface area contributed by atoms with Crippen molar-refractivity contribution in [2.75, 3.05) is 33.8 Å². The van der Waals surface area contributed by atoms with E-state index in [1.54, 1.807) is 4.90 Å². The number of nitrogens with zero attached hydrogens (tertiary/aromatic N) is 2. The molecular formula is C24H29F3N2O4. The molecule has 2 aromatic rings. The molecule has 180 valence electrons. The lowest BCUT2D eigenvalue weighted by atomic mass is 9.83. The maximum absolute atomic E-state index is 12.0. The molecule has 3 atom stereocenters. The predicted octanol–water partition coefficient (Wildman–Crippen LogP) is 3.79. The standard InChI is InChI=1S/C22H28N2O2.C2HF3O2/c1-23(2)22(25)12-21-20-10-11-24(14-18(20)15-26-21)13-17-8-5-7-16-6-3-4-9-19(16)17;3-2(4,5)1(6)7/h3-9,18,20-21H,10-15H2,1-2H3;(H,6,7)/t18-,20-,21+;/m1./s1. The Morgan fingerprint density at radius 3 is 2.48 bits per heavy atom. The Bertz CT molecular complexity index is 974. The summed E-state index contributed by atoms with van der Waals surface area (Å²) in [6.45, 7) is 3.94. The van der Waals surface area contributed by atoms with Gasteiger partial charge in [0.2, 0.25) is 5.91 Å². The van der Waals surface area contributed by atoms with Gasteiger partial charge in [-0.05, 0) is 35.2 Å². The van der Waals surface area contributed by atoms with E-state index in [-0.39, 0.29) is 12.0 Å². The molecule has 2 aliphatic heterocycles. The molecule has 0 spiro atoms. The van der Waals surface area contributed by atoms with Crippen molar-refractivity contribution < 1.29 is 32.6 Å². The summed E-state index contributed by atoms with van der Waals surface area (Å²) < 4.78 is 37.8. The Morgan fingerprint density at radius 1 is 1.15 bits per heavy atom. The number of rotatable bonds is 4. The average molecular weight is 467 g/mol. The molecule has 0 aromatic heterocycles. The summed E-state index contributed by atoms with van der Waals surface area (Å²) in [4.78, 5) is 25.2. The van der Waals surface area contributed by atoms with Crippen LogP contribution < -0.4 is 0 Å². The second kappa shape index (κ2) is 10.5. The Kier molecular flexibility index (Phi) is 7.97. The highest BCUT2D eigenvalue weighted by molar-refractivity contribution is 5.85. The number of aliphatic carboxylic acids is 1. The van der Waals surface area contributed by atoms with Crippen molar-refractivity contribution in [1.82, 2.24) is 9.80 Å². The zero-order valence-electron chi connectivity index (χ0n) is 18.7. The van der Waals surface area contributed by atoms with Crippen LogP contribution in [0.5, 0.6) is 0 Å². The minimum absolute atomic E-state index is 0.106. The fraction of sp³-hybridized carbons (Fsp3) is 0.500. The first-order valence-corrected chi connectivity index (χ1v) is 10.9. The summed E-state index contributed by atoms with van der Waals surface area (Å²) in [6, 6.07) is 15.2. The zero-order chi connectivity index (χ0) is 24.2. The van der Waals surface area contributed by atoms with Gasteiger partial charge in [0.25, 0.3) is 0 Å². The van der Waals surface area contributed by atoms with E-state index in [1.165, 1.54) is 16.3 Å². The summed E-state index contributed by atoms with van der Waals surface area (Å²) >= 11 is 0. The van der Waals surface area contributed by atoms with Gasteiger partial charge in [-0.3, -0.25) is 9.69 Å². The highest BCUT2D eigenvalue weighted by atomic mass is 19.4. The molecule has 2 saturated heterocycles. The number of alkyl halides is 3. The number of hydrogen-bond acceptors (Lipinski definition) is 4. The van der Waals surface area contributed by atoms with Crippen molar-refractivity contribution in [3.63, 3.8) is 0 Å². The number of ether oxygens (including phenoxy) is 1. The molecule has 0 saturated carbocycles. The molecule has 2 fully saturated rings. The summed E-state index contributed by atoms with van der Waals surface area (Å²) in [7, 11) is 3.64. The van der Waals surface area contributed by atoms with E-state index in [2.05, 4.69) is 47.4 Å². The van der Waals surface area contributed by atoms with Crippen LogP contribution in [-0.2, 0) is 20.9 Å². The van der Waals surface area contributed by atoms with Gasteiger partial charge in [-0.2, -0.15) is 13.2 Å². The average Bonchev–Trinajstić information content (AvgIpc) is 3.15. The van der Waals surface area contributed by atoms with Crippen molar-refractivity contribution >= 4 is 22.6 Å². The lowest BCUT2D eigenvalue weighted by Crippen LogP contribution is -2.41. The molecule has 1 N–H and O–H groups in total. The number of halogens is 3. The number of carbonyl (C=O) groups is 2. The van der Waals surface area contributed by atoms with Gasteiger partial charge in [-0.15, -0.1) is 0 Å². The topological polar surface area (TPSA) is 70.1 Å². The third kappa shape index (κ3) is 6.45. The quantitative estimate of drug-likeness (QED) is 0.743. The number of carboxylic acids is 1. The van der Waals surface area contributed by atoms with Crippen LogP contribution in [0.15, 0.2) is 42.5 Å². The Labute approximate surface area is 190 Å². The number of piperidine rings is 1. The van der Waals surface area contributed by atoms with Crippen LogP contribution in [0.25, 0.3) is 10.8 Å². The van der Waals surface area contributed by atoms with Gasteiger partial charge >= 0.3 is 12.1 Å². The van der Waals surface area contributed by atoms with Crippen LogP contribution >= 0.6 is 0 Å². The molecule has 0 aliphatic carbocycles. The molecule has 2 heterocycles. The molecular weight excluding hydrogens is 437 g/mol. The van der Waals surface area contributed by atoms with Gasteiger partial charge < -0.3 is 14.7 Å². The second-order valence-electron chi connectivity index (χ2n) is 8.75. The number of likely N-dealkylation sites (tertiary alicyclic amines) is 1. The molecule has 0 radical (unpaired) electrons. The van der Waals surface area contributed by atoms with E-state index in [0.29, 0.717) is 18.3 Å². The van der Waals surface area contributed by atoms with Crippen LogP contribution in [-0.4, -0.2) is 72.9 Å². The molecule has 1 amide bonds. The van der Waals surface area contributed by atoms with Gasteiger partial charge in [0.1, 0.15) is 0 Å². The number of carboxylic acid groups (broad SMARTS) is 1. The van der Waals surface area contributed by atoms with E-state index >= 15 is 0 Å². The molecule has 9 heteroatoms. The van der Waals surface area contributed by atoms with Crippen molar-refractivity contribution in [2.45, 2.75) is 31.7 Å². The Balaban J connectivity index is 0.000000383. The third-order valence-corrected chi connectivity index (χ3v) is 6.27. The smallest absolute Gasteiger partial charge is 0.475 e. The van der Waals surface area contributed by atoms with E-state index in [1.807, 2.05) is 14.1 Å². The number of benzene rings is 2. The first kappa shape index (κ1) is 25.0. The number of amides is 1. The van der Waals surface area contributed by atoms with Crippen LogP contribution in [0, 0.1) is 11.8 Å². The van der Waals surface area contributed by atoms with Crippen LogP contribution in [0.4, 0.5) is 13.2 Å². The molecule has 4 rings (SSSR count). The Morgan fingerprint density at radius 2 is 1.82 bits per heavy atom. The summed E-state index contributed by atoms with van der Waals surface area (Å²) in [5.74, 6) is -1.50. The lowest BCUT2D eigenvalue weighted by molar-refractivity contribution is -0.192. The normalized spacial score (nSPS) is 22.9. The summed E-state index contributed by atoms with van der Waals surface area (Å²) in [6.07, 6.45) is -3.33. The van der Waals surface area contributed by atoms with Crippen LogP contribution in [0.2, 0.25) is 0 Å². The maximum atomic E-state index is 12.0. The highest BCUT2D eigenvalue weighted by Gasteiger charge is 2.41. The van der Waals surface area contributed by atoms with E-state index in [9.17, 15) is 18.0 Å². The summed E-state index contributed by atoms with van der Waals surface area (Å²) in [5.41, 5.74) is 1.40. The molecule has 0 bridgehead atoms. The van der Waals surface area contributed by atoms with Crippen LogP contribution in [0.1, 0.15) is 18.4 Å². The molecule has 6 nitrogen and oxygen atoms in total. The second-order valence-corrected chi connectivity index (χ2v) is 8.75. The first-order chi connectivity index (χ1) is 15.6. The first-order valence-electron chi connectivity index (χ1n) is 10.9. The van der Waals surface area contributed by atoms with Crippen LogP contribution in [0.3, 0.4) is 0 Å². The van der Waals surface area contributed by atoms with Gasteiger partial charge in [-0.1, -0.05) is 42.5 Å². The number of hydrogen-bond donors (Lipinski definition) is 1. The third-order valence-electron chi connectivity index (χ3n) is 6.27. The van der Waals surface area contributed by atoms with Crippen molar-refractivity contribution in [3.8, 4) is 0 Å². The van der Waals surface area contributed by atoms with Crippen molar-refractivity contribution in [2.24, 2.45) is 11.8 Å². The minimum atomic E-state index is -5.08. The predicted molar refractivity (Wildman–Crippen MR) is 118 cm³/mol. The van der Waals surface area contributed by atoms with E-state index in [4.69, 9.17) is 14.6 Å². The molecule has 2 aliphatic rings. The molecule has 33 heavy (non-hydrogen) atoms. The van der Waals surface area contributed by atoms with Gasteiger partial charge in [0.05, 0.1) is 19.1 Å². The minimum Gasteiger partial charge on any atom is -0.475 e. The summed E-state index contributed by atoms with van der Waals surface area (Å²) in [5, 5.41) is 9.79. The highest BCUT2D eigenvalue weighted by Crippen LogP contribution is 2.36. The number of fused-ring (bicyclic) bond motifs is 2. The monoisotopic (exact) mass is 466 g/mol. The van der Waals surface area contributed by atoms with Gasteiger partial charge in [0.15, 0.2) is 0 Å². The zero-order valence-corrected chi connectivity index (χ0v) is 18.7. The largest absolute Gasteiger partial charge is 0.490 e. The maximum Gasteiger partial charge on any atom is 0.490 e. The van der Waals surface area contributed by atoms with E-state index < -0.39 is 12.1 Å². The van der Waals surface area contributed by atoms with E-state index in [0.717, 1.165) is 32.7 Å². The SMILES string of the molecule is CN(C)C(=O)C[C@@H]1OC[C@H]2CN(Cc3cccc4ccccc34)CC[C@H]21.O=C(O)C(F)(F)F. The fourth-order valence-corrected chi connectivity index (χ4v) is 4.54. The molecule has 2 aromatic carbocycles. The van der Waals surface area contributed by atoms with Gasteiger partial charge in [-0.25, -0.2) is 4.79 Å². The van der Waals surface area contributed by atoms with Crippen molar-refractivity contribution in [3.05, 3.63) is 48.0 Å². The number of carbonyl (C=O) groups excluding carboxylic acids is 1. The molecule has 0 unspecified atom stereocenters. The Hall–Kier alpha value is -2.65.